The Kier molecular flexibility index (Phi) is 1.75. The van der Waals surface area contributed by atoms with E-state index in [9.17, 15) is 0 Å². The Bertz CT molecular complexity index is 504. The summed E-state index contributed by atoms with van der Waals surface area (Å²) in [4.78, 5) is 3.90. The van der Waals surface area contributed by atoms with Crippen molar-refractivity contribution in [3.63, 3.8) is 0 Å². The van der Waals surface area contributed by atoms with E-state index in [0.29, 0.717) is 11.5 Å². The molecule has 70 valence electrons. The molecule has 0 aliphatic carbocycles. The van der Waals surface area contributed by atoms with Gasteiger partial charge in [0.1, 0.15) is 18.1 Å². The van der Waals surface area contributed by atoms with Crippen molar-refractivity contribution in [2.75, 3.05) is 5.73 Å². The number of hydrogen-bond acceptors (Lipinski definition) is 5. The van der Waals surface area contributed by atoms with Crippen molar-refractivity contribution in [3.05, 3.63) is 23.8 Å². The third kappa shape index (κ3) is 1.23. The smallest absolute Gasteiger partial charge is 0.233 e. The van der Waals surface area contributed by atoms with Crippen molar-refractivity contribution < 1.29 is 8.83 Å². The highest BCUT2D eigenvalue weighted by Gasteiger charge is 2.12. The number of nitrogen functional groups attached to an aromatic ring is 1. The number of nitriles is 1. The zero-order valence-corrected chi connectivity index (χ0v) is 7.44. The van der Waals surface area contributed by atoms with Crippen molar-refractivity contribution in [1.29, 1.82) is 5.26 Å². The monoisotopic (exact) mass is 189 g/mol. The van der Waals surface area contributed by atoms with Crippen LogP contribution in [-0.4, -0.2) is 4.98 Å². The molecule has 2 aromatic heterocycles. The summed E-state index contributed by atoms with van der Waals surface area (Å²) in [5, 5.41) is 8.61. The van der Waals surface area contributed by atoms with Crippen molar-refractivity contribution in [3.8, 4) is 17.5 Å². The number of furan rings is 1. The molecule has 0 saturated carbocycles. The van der Waals surface area contributed by atoms with Gasteiger partial charge in [-0.1, -0.05) is 0 Å². The molecule has 0 radical (unpaired) electrons. The van der Waals surface area contributed by atoms with Crippen LogP contribution in [0.4, 0.5) is 5.88 Å². The van der Waals surface area contributed by atoms with Gasteiger partial charge in [0.2, 0.25) is 17.5 Å². The van der Waals surface area contributed by atoms with Crippen LogP contribution in [0.1, 0.15) is 11.5 Å². The van der Waals surface area contributed by atoms with E-state index >= 15 is 0 Å². The molecule has 5 heteroatoms. The Hall–Kier alpha value is -2.22. The van der Waals surface area contributed by atoms with Crippen LogP contribution in [0.3, 0.4) is 0 Å². The van der Waals surface area contributed by atoms with E-state index in [1.54, 1.807) is 13.0 Å². The van der Waals surface area contributed by atoms with E-state index in [1.165, 1.54) is 6.26 Å². The number of aromatic nitrogens is 1. The van der Waals surface area contributed by atoms with Crippen LogP contribution in [0.2, 0.25) is 0 Å². The fourth-order valence-corrected chi connectivity index (χ4v) is 1.09. The number of nitrogens with two attached hydrogens (primary N) is 1. The molecule has 0 amide bonds. The summed E-state index contributed by atoms with van der Waals surface area (Å²) in [7, 11) is 0. The summed E-state index contributed by atoms with van der Waals surface area (Å²) < 4.78 is 10.2. The van der Waals surface area contributed by atoms with E-state index < -0.39 is 0 Å². The van der Waals surface area contributed by atoms with Crippen LogP contribution in [-0.2, 0) is 0 Å². The van der Waals surface area contributed by atoms with Crippen LogP contribution in [0.5, 0.6) is 0 Å². The summed E-state index contributed by atoms with van der Waals surface area (Å²) in [6.45, 7) is 1.81. The van der Waals surface area contributed by atoms with Gasteiger partial charge in [-0.05, 0) is 13.0 Å². The molecular weight excluding hydrogens is 182 g/mol. The molecule has 0 atom stereocenters. The number of oxazole rings is 1. The van der Waals surface area contributed by atoms with Crippen LogP contribution in [0.15, 0.2) is 21.2 Å². The van der Waals surface area contributed by atoms with Crippen LogP contribution in [0, 0.1) is 18.3 Å². The number of anilines is 1. The summed E-state index contributed by atoms with van der Waals surface area (Å²) in [5.74, 6) is 1.08. The molecular formula is C9H7N3O2. The molecule has 14 heavy (non-hydrogen) atoms. The molecule has 2 N–H and O–H groups in total. The van der Waals surface area contributed by atoms with Gasteiger partial charge in [0, 0.05) is 0 Å². The summed E-state index contributed by atoms with van der Waals surface area (Å²) in [6.07, 6.45) is 1.50. The highest BCUT2D eigenvalue weighted by molar-refractivity contribution is 5.56. The topological polar surface area (TPSA) is 89.0 Å². The molecule has 0 bridgehead atoms. The Morgan fingerprint density at radius 3 is 2.86 bits per heavy atom. The van der Waals surface area contributed by atoms with Gasteiger partial charge in [0.25, 0.3) is 0 Å². The minimum atomic E-state index is 0.0290. The lowest BCUT2D eigenvalue weighted by Gasteiger charge is -1.83. The van der Waals surface area contributed by atoms with E-state index in [1.807, 2.05) is 6.07 Å². The van der Waals surface area contributed by atoms with E-state index in [-0.39, 0.29) is 11.6 Å². The lowest BCUT2D eigenvalue weighted by atomic mass is 10.3. The standard InChI is InChI=1S/C9H7N3O2/c1-5-2-6(4-13-5)9-12-7(3-10)8(11)14-9/h2,4H,11H2,1H3. The maximum Gasteiger partial charge on any atom is 0.233 e. The molecule has 0 fully saturated rings. The second kappa shape index (κ2) is 2.92. The maximum absolute atomic E-state index is 8.61. The van der Waals surface area contributed by atoms with Gasteiger partial charge in [-0.2, -0.15) is 10.2 Å². The molecule has 0 aliphatic heterocycles. The van der Waals surface area contributed by atoms with E-state index in [0.717, 1.165) is 5.76 Å². The first kappa shape index (κ1) is 8.38. The largest absolute Gasteiger partial charge is 0.469 e. The average Bonchev–Trinajstić information content (AvgIpc) is 2.71. The van der Waals surface area contributed by atoms with Crippen molar-refractivity contribution in [2.45, 2.75) is 6.92 Å². The summed E-state index contributed by atoms with van der Waals surface area (Å²) >= 11 is 0. The highest BCUT2D eigenvalue weighted by Crippen LogP contribution is 2.24. The van der Waals surface area contributed by atoms with Gasteiger partial charge in [-0.15, -0.1) is 0 Å². The van der Waals surface area contributed by atoms with Gasteiger partial charge in [-0.25, -0.2) is 0 Å². The fourth-order valence-electron chi connectivity index (χ4n) is 1.09. The molecule has 2 heterocycles. The Balaban J connectivity index is 2.48. The Morgan fingerprint density at radius 1 is 1.57 bits per heavy atom. The molecule has 0 unspecified atom stereocenters. The first-order chi connectivity index (χ1) is 6.70. The Labute approximate surface area is 79.8 Å². The molecule has 2 aromatic rings. The molecule has 2 rings (SSSR count). The highest BCUT2D eigenvalue weighted by atomic mass is 16.4. The summed E-state index contributed by atoms with van der Waals surface area (Å²) in [5.41, 5.74) is 6.19. The SMILES string of the molecule is Cc1cc(-c2nc(C#N)c(N)o2)co1. The van der Waals surface area contributed by atoms with Crippen molar-refractivity contribution >= 4 is 5.88 Å². The lowest BCUT2D eigenvalue weighted by Crippen LogP contribution is -1.83. The molecule has 0 spiro atoms. The maximum atomic E-state index is 8.61. The zero-order valence-electron chi connectivity index (χ0n) is 7.44. The summed E-state index contributed by atoms with van der Waals surface area (Å²) in [6, 6.07) is 3.59. The third-order valence-corrected chi connectivity index (χ3v) is 1.74. The predicted octanol–water partition coefficient (Wildman–Crippen LogP) is 1.70. The quantitative estimate of drug-likeness (QED) is 0.737. The van der Waals surface area contributed by atoms with Crippen molar-refractivity contribution in [1.82, 2.24) is 4.98 Å². The third-order valence-electron chi connectivity index (χ3n) is 1.74. The van der Waals surface area contributed by atoms with E-state index in [4.69, 9.17) is 19.8 Å². The number of aryl methyl sites for hydroxylation is 1. The minimum absolute atomic E-state index is 0.0290. The van der Waals surface area contributed by atoms with Gasteiger partial charge < -0.3 is 14.6 Å². The van der Waals surface area contributed by atoms with Gasteiger partial charge in [0.05, 0.1) is 5.56 Å². The molecule has 0 aliphatic rings. The first-order valence-corrected chi connectivity index (χ1v) is 3.92. The number of rotatable bonds is 1. The molecule has 0 saturated heterocycles. The minimum Gasteiger partial charge on any atom is -0.469 e. The number of nitrogens with zero attached hydrogens (tertiary/aromatic N) is 2. The molecule has 0 aromatic carbocycles. The number of hydrogen-bond donors (Lipinski definition) is 1. The molecule has 5 nitrogen and oxygen atoms in total. The fraction of sp³-hybridized carbons (Fsp3) is 0.111. The van der Waals surface area contributed by atoms with Crippen LogP contribution in [0.25, 0.3) is 11.5 Å². The first-order valence-electron chi connectivity index (χ1n) is 3.92. The normalized spacial score (nSPS) is 10.0. The Morgan fingerprint density at radius 2 is 2.36 bits per heavy atom. The predicted molar refractivity (Wildman–Crippen MR) is 48.1 cm³/mol. The van der Waals surface area contributed by atoms with Crippen LogP contribution < -0.4 is 5.73 Å². The van der Waals surface area contributed by atoms with E-state index in [2.05, 4.69) is 4.98 Å². The van der Waals surface area contributed by atoms with Gasteiger partial charge >= 0.3 is 0 Å². The van der Waals surface area contributed by atoms with Gasteiger partial charge in [-0.3, -0.25) is 0 Å². The van der Waals surface area contributed by atoms with Crippen molar-refractivity contribution in [2.24, 2.45) is 0 Å². The second-order valence-corrected chi connectivity index (χ2v) is 2.79. The zero-order chi connectivity index (χ0) is 10.1. The van der Waals surface area contributed by atoms with Crippen LogP contribution >= 0.6 is 0 Å². The van der Waals surface area contributed by atoms with Gasteiger partial charge in [0.15, 0.2) is 0 Å². The lowest BCUT2D eigenvalue weighted by molar-refractivity contribution is 0.532. The average molecular weight is 189 g/mol. The second-order valence-electron chi connectivity index (χ2n) is 2.79.